The Morgan fingerprint density at radius 2 is 2.21 bits per heavy atom. The van der Waals surface area contributed by atoms with Crippen LogP contribution in [0.15, 0.2) is 24.3 Å². The van der Waals surface area contributed by atoms with Gasteiger partial charge < -0.3 is 9.47 Å². The van der Waals surface area contributed by atoms with Crippen molar-refractivity contribution in [1.82, 2.24) is 0 Å². The molecule has 0 amide bonds. The third kappa shape index (κ3) is 6.06. The van der Waals surface area contributed by atoms with Crippen molar-refractivity contribution in [2.24, 2.45) is 5.41 Å². The lowest BCUT2D eigenvalue weighted by Gasteiger charge is -2.24. The Morgan fingerprint density at radius 1 is 1.53 bits per heavy atom. The van der Waals surface area contributed by atoms with Crippen LogP contribution in [-0.2, 0) is 14.3 Å². The van der Waals surface area contributed by atoms with Gasteiger partial charge in [-0.3, -0.25) is 0 Å². The first kappa shape index (κ1) is 16.0. The number of hydrogen-bond donors (Lipinski definition) is 0. The van der Waals surface area contributed by atoms with Crippen molar-refractivity contribution < 1.29 is 14.3 Å². The molecule has 1 aliphatic rings. The maximum absolute atomic E-state index is 11.0. The Kier molecular flexibility index (Phi) is 5.36. The van der Waals surface area contributed by atoms with Crippen LogP contribution >= 0.6 is 0 Å². The molecule has 0 heterocycles. The van der Waals surface area contributed by atoms with Gasteiger partial charge in [-0.2, -0.15) is 0 Å². The Hall–Kier alpha value is -1.09. The van der Waals surface area contributed by atoms with E-state index in [-0.39, 0.29) is 6.61 Å². The molecule has 108 valence electrons. The highest BCUT2D eigenvalue weighted by Crippen LogP contribution is 2.36. The first-order valence-corrected chi connectivity index (χ1v) is 6.88. The first-order chi connectivity index (χ1) is 8.74. The summed E-state index contributed by atoms with van der Waals surface area (Å²) in [7, 11) is 0. The second-order valence-corrected chi connectivity index (χ2v) is 6.46. The van der Waals surface area contributed by atoms with Crippen LogP contribution in [0.3, 0.4) is 0 Å². The van der Waals surface area contributed by atoms with Gasteiger partial charge in [0.15, 0.2) is 0 Å². The summed E-state index contributed by atoms with van der Waals surface area (Å²) in [4.78, 5) is 11.0. The van der Waals surface area contributed by atoms with E-state index in [0.717, 1.165) is 6.42 Å². The standard InChI is InChI=1S/C16H26O3/c1-6-14(17)18-12-16(4,5)19-10-8-13-7-9-15(2,3)11-13/h6,11H,1,7-10,12H2,2-5H3. The van der Waals surface area contributed by atoms with Gasteiger partial charge >= 0.3 is 5.97 Å². The molecule has 0 saturated carbocycles. The van der Waals surface area contributed by atoms with Crippen molar-refractivity contribution >= 4 is 5.97 Å². The highest BCUT2D eigenvalue weighted by atomic mass is 16.6. The van der Waals surface area contributed by atoms with E-state index in [1.54, 1.807) is 0 Å². The van der Waals surface area contributed by atoms with Crippen LogP contribution in [0.2, 0.25) is 0 Å². The maximum Gasteiger partial charge on any atom is 0.330 e. The average molecular weight is 266 g/mol. The van der Waals surface area contributed by atoms with E-state index in [4.69, 9.17) is 9.47 Å². The van der Waals surface area contributed by atoms with E-state index < -0.39 is 11.6 Å². The van der Waals surface area contributed by atoms with Crippen LogP contribution in [0.5, 0.6) is 0 Å². The first-order valence-electron chi connectivity index (χ1n) is 6.88. The molecule has 0 bridgehead atoms. The summed E-state index contributed by atoms with van der Waals surface area (Å²) < 4.78 is 10.8. The molecule has 0 spiro atoms. The topological polar surface area (TPSA) is 35.5 Å². The summed E-state index contributed by atoms with van der Waals surface area (Å²) in [6.45, 7) is 12.7. The minimum atomic E-state index is -0.451. The zero-order chi connectivity index (χ0) is 14.5. The van der Waals surface area contributed by atoms with E-state index in [1.165, 1.54) is 24.5 Å². The fourth-order valence-electron chi connectivity index (χ4n) is 2.18. The van der Waals surface area contributed by atoms with Gasteiger partial charge in [-0.05, 0) is 38.5 Å². The number of carbonyl (C=O) groups excluding carboxylic acids is 1. The van der Waals surface area contributed by atoms with Gasteiger partial charge in [0.2, 0.25) is 0 Å². The highest BCUT2D eigenvalue weighted by molar-refractivity contribution is 5.81. The fourth-order valence-corrected chi connectivity index (χ4v) is 2.18. The summed E-state index contributed by atoms with van der Waals surface area (Å²) in [5.74, 6) is -0.406. The van der Waals surface area contributed by atoms with Crippen molar-refractivity contribution in [3.05, 3.63) is 24.3 Å². The fraction of sp³-hybridized carbons (Fsp3) is 0.688. The van der Waals surface area contributed by atoms with Crippen molar-refractivity contribution in [1.29, 1.82) is 0 Å². The summed E-state index contributed by atoms with van der Waals surface area (Å²) >= 11 is 0. The lowest BCUT2D eigenvalue weighted by Crippen LogP contribution is -2.32. The lowest BCUT2D eigenvalue weighted by atomic mass is 9.94. The SMILES string of the molecule is C=CC(=O)OCC(C)(C)OCCC1=CC(C)(C)CC1. The smallest absolute Gasteiger partial charge is 0.330 e. The summed E-state index contributed by atoms with van der Waals surface area (Å²) in [5, 5.41) is 0. The van der Waals surface area contributed by atoms with Crippen LogP contribution in [0.4, 0.5) is 0 Å². The Balaban J connectivity index is 2.28. The van der Waals surface area contributed by atoms with Gasteiger partial charge in [0, 0.05) is 6.08 Å². The van der Waals surface area contributed by atoms with Gasteiger partial charge in [-0.15, -0.1) is 0 Å². The Bertz CT molecular complexity index is 364. The van der Waals surface area contributed by atoms with Gasteiger partial charge in [0.05, 0.1) is 12.2 Å². The molecular formula is C16H26O3. The van der Waals surface area contributed by atoms with E-state index >= 15 is 0 Å². The third-order valence-electron chi connectivity index (χ3n) is 3.33. The number of allylic oxidation sites excluding steroid dienone is 1. The molecule has 19 heavy (non-hydrogen) atoms. The number of carbonyl (C=O) groups is 1. The van der Waals surface area contributed by atoms with E-state index in [0.29, 0.717) is 12.0 Å². The molecule has 0 aliphatic heterocycles. The molecular weight excluding hydrogens is 240 g/mol. The predicted molar refractivity (Wildman–Crippen MR) is 76.9 cm³/mol. The number of ether oxygens (including phenoxy) is 2. The van der Waals surface area contributed by atoms with Crippen molar-refractivity contribution in [2.75, 3.05) is 13.2 Å². The lowest BCUT2D eigenvalue weighted by molar-refractivity contribution is -0.147. The molecule has 1 rings (SSSR count). The molecule has 0 saturated heterocycles. The van der Waals surface area contributed by atoms with Gasteiger partial charge in [-0.1, -0.05) is 32.1 Å². The molecule has 0 aromatic heterocycles. The maximum atomic E-state index is 11.0. The van der Waals surface area contributed by atoms with Gasteiger partial charge in [-0.25, -0.2) is 4.79 Å². The van der Waals surface area contributed by atoms with Crippen LogP contribution in [-0.4, -0.2) is 24.8 Å². The van der Waals surface area contributed by atoms with Crippen molar-refractivity contribution in [3.8, 4) is 0 Å². The Labute approximate surface area is 116 Å². The number of esters is 1. The van der Waals surface area contributed by atoms with E-state index in [9.17, 15) is 4.79 Å². The number of hydrogen-bond acceptors (Lipinski definition) is 3. The minimum Gasteiger partial charge on any atom is -0.459 e. The summed E-state index contributed by atoms with van der Waals surface area (Å²) in [6.07, 6.45) is 6.88. The summed E-state index contributed by atoms with van der Waals surface area (Å²) in [5.41, 5.74) is 1.36. The second-order valence-electron chi connectivity index (χ2n) is 6.46. The van der Waals surface area contributed by atoms with Gasteiger partial charge in [0.1, 0.15) is 6.61 Å². The molecule has 0 aromatic rings. The van der Waals surface area contributed by atoms with Gasteiger partial charge in [0.25, 0.3) is 0 Å². The molecule has 0 radical (unpaired) electrons. The molecule has 0 N–H and O–H groups in total. The van der Waals surface area contributed by atoms with Crippen LogP contribution in [0.1, 0.15) is 47.0 Å². The van der Waals surface area contributed by atoms with Crippen molar-refractivity contribution in [2.45, 2.75) is 52.6 Å². The molecule has 0 atom stereocenters. The molecule has 1 aliphatic carbocycles. The quantitative estimate of drug-likeness (QED) is 0.401. The second kappa shape index (κ2) is 6.38. The monoisotopic (exact) mass is 266 g/mol. The van der Waals surface area contributed by atoms with Crippen LogP contribution in [0, 0.1) is 5.41 Å². The largest absolute Gasteiger partial charge is 0.459 e. The van der Waals surface area contributed by atoms with Crippen molar-refractivity contribution in [3.63, 3.8) is 0 Å². The summed E-state index contributed by atoms with van der Waals surface area (Å²) in [6, 6.07) is 0. The normalized spacial score (nSPS) is 18.0. The molecule has 0 fully saturated rings. The molecule has 3 heteroatoms. The Morgan fingerprint density at radius 3 is 2.74 bits per heavy atom. The van der Waals surface area contributed by atoms with Crippen LogP contribution in [0.25, 0.3) is 0 Å². The molecule has 0 aromatic carbocycles. The zero-order valence-corrected chi connectivity index (χ0v) is 12.6. The molecule has 3 nitrogen and oxygen atoms in total. The third-order valence-corrected chi connectivity index (χ3v) is 3.33. The highest BCUT2D eigenvalue weighted by Gasteiger charge is 2.24. The average Bonchev–Trinajstić information content (AvgIpc) is 2.66. The molecule has 0 unspecified atom stereocenters. The van der Waals surface area contributed by atoms with E-state index in [2.05, 4.69) is 26.5 Å². The number of rotatable bonds is 7. The minimum absolute atomic E-state index is 0.252. The zero-order valence-electron chi connectivity index (χ0n) is 12.6. The predicted octanol–water partition coefficient (Wildman–Crippen LogP) is 3.65. The van der Waals surface area contributed by atoms with Crippen LogP contribution < -0.4 is 0 Å². The van der Waals surface area contributed by atoms with E-state index in [1.807, 2.05) is 13.8 Å².